The molecule has 5 nitrogen and oxygen atoms in total. The summed E-state index contributed by atoms with van der Waals surface area (Å²) < 4.78 is 6.75. The van der Waals surface area contributed by atoms with E-state index < -0.39 is 0 Å². The predicted octanol–water partition coefficient (Wildman–Crippen LogP) is -2.51. The maximum absolute atomic E-state index is 11.6. The molecule has 0 aliphatic heterocycles. The fourth-order valence-electron chi connectivity index (χ4n) is 1.45. The summed E-state index contributed by atoms with van der Waals surface area (Å²) in [6.07, 6.45) is 4.47. The number of carbonyl (C=O) groups is 1. The second-order valence-corrected chi connectivity index (χ2v) is 5.00. The standard InChI is InChI=1S/C12H10Cl3N3O2.2ClH.Mn/c13-8-5-9(14)11(10(15)6-8)20-4-2-17-12(19)18-3-1-16-7-18;;;/h1,3,5-7H,2,4H2,(H,17,19);2*1H;/q;;;+2/p-2. The number of hydrogen-bond acceptors (Lipinski definition) is 3. The monoisotopic (exact) mass is 458 g/mol. The Morgan fingerprint density at radius 3 is 2.35 bits per heavy atom. The van der Waals surface area contributed by atoms with Gasteiger partial charge in [-0.15, -0.1) is 0 Å². The molecule has 0 unspecified atom stereocenters. The molecule has 0 aliphatic carbocycles. The molecule has 0 saturated heterocycles. The summed E-state index contributed by atoms with van der Waals surface area (Å²) in [6.45, 7) is 0.522. The third-order valence-electron chi connectivity index (χ3n) is 2.33. The molecule has 2 rings (SSSR count). The van der Waals surface area contributed by atoms with E-state index in [1.165, 1.54) is 29.2 Å². The number of rotatable bonds is 4. The molecule has 0 aliphatic rings. The van der Waals surface area contributed by atoms with Crippen molar-refractivity contribution in [1.82, 2.24) is 14.9 Å². The van der Waals surface area contributed by atoms with Gasteiger partial charge in [0.1, 0.15) is 12.9 Å². The van der Waals surface area contributed by atoms with Crippen LogP contribution in [0.1, 0.15) is 0 Å². The summed E-state index contributed by atoms with van der Waals surface area (Å²) in [6, 6.07) is 2.78. The van der Waals surface area contributed by atoms with Crippen LogP contribution in [-0.2, 0) is 17.1 Å². The van der Waals surface area contributed by atoms with E-state index in [0.717, 1.165) is 0 Å². The van der Waals surface area contributed by atoms with E-state index >= 15 is 0 Å². The van der Waals surface area contributed by atoms with Crippen LogP contribution in [0.4, 0.5) is 4.79 Å². The van der Waals surface area contributed by atoms with Gasteiger partial charge < -0.3 is 34.9 Å². The summed E-state index contributed by atoms with van der Waals surface area (Å²) in [7, 11) is 0. The van der Waals surface area contributed by atoms with Gasteiger partial charge in [-0.25, -0.2) is 9.78 Å². The first-order valence-electron chi connectivity index (χ1n) is 5.61. The number of carbonyl (C=O) groups excluding carboxylic acids is 1. The van der Waals surface area contributed by atoms with Crippen LogP contribution in [0.2, 0.25) is 15.1 Å². The first-order valence-corrected chi connectivity index (χ1v) is 6.75. The van der Waals surface area contributed by atoms with E-state index in [4.69, 9.17) is 39.5 Å². The third kappa shape index (κ3) is 7.40. The molecular formula is C12H10Cl5MnN3O2. The molecule has 1 radical (unpaired) electrons. The average molecular weight is 460 g/mol. The molecule has 23 heavy (non-hydrogen) atoms. The topological polar surface area (TPSA) is 56.1 Å². The van der Waals surface area contributed by atoms with Gasteiger partial charge in [0.2, 0.25) is 0 Å². The van der Waals surface area contributed by atoms with Gasteiger partial charge >= 0.3 is 23.1 Å². The molecule has 1 aromatic carbocycles. The van der Waals surface area contributed by atoms with Crippen molar-refractivity contribution >= 4 is 40.8 Å². The van der Waals surface area contributed by atoms with Crippen molar-refractivity contribution in [2.45, 2.75) is 0 Å². The molecule has 127 valence electrons. The van der Waals surface area contributed by atoms with Gasteiger partial charge in [0, 0.05) is 17.4 Å². The zero-order chi connectivity index (χ0) is 14.5. The summed E-state index contributed by atoms with van der Waals surface area (Å²) in [5.41, 5.74) is 0. The number of hydrogen-bond donors (Lipinski definition) is 1. The van der Waals surface area contributed by atoms with Crippen molar-refractivity contribution in [2.24, 2.45) is 0 Å². The average Bonchev–Trinajstić information content (AvgIpc) is 2.90. The molecular weight excluding hydrogens is 450 g/mol. The van der Waals surface area contributed by atoms with Crippen molar-refractivity contribution < 1.29 is 51.4 Å². The maximum Gasteiger partial charge on any atom is 2.00 e. The van der Waals surface area contributed by atoms with Crippen LogP contribution in [-0.4, -0.2) is 28.7 Å². The van der Waals surface area contributed by atoms with Gasteiger partial charge in [0.25, 0.3) is 0 Å². The Bertz CT molecular complexity index is 590. The van der Waals surface area contributed by atoms with Gasteiger partial charge in [0.05, 0.1) is 16.6 Å². The maximum atomic E-state index is 11.6. The van der Waals surface area contributed by atoms with E-state index in [1.54, 1.807) is 6.20 Å². The van der Waals surface area contributed by atoms with E-state index in [9.17, 15) is 4.79 Å². The van der Waals surface area contributed by atoms with Crippen molar-refractivity contribution in [2.75, 3.05) is 13.2 Å². The number of aromatic nitrogens is 2. The summed E-state index contributed by atoms with van der Waals surface area (Å²) in [5, 5.41) is 3.73. The molecule has 2 aromatic rings. The molecule has 0 atom stereocenters. The third-order valence-corrected chi connectivity index (χ3v) is 3.11. The minimum absolute atomic E-state index is 0. The van der Waals surface area contributed by atoms with Crippen LogP contribution >= 0.6 is 34.8 Å². The van der Waals surface area contributed by atoms with Crippen LogP contribution in [0.3, 0.4) is 0 Å². The van der Waals surface area contributed by atoms with E-state index in [1.807, 2.05) is 0 Å². The van der Waals surface area contributed by atoms with E-state index in [0.29, 0.717) is 27.4 Å². The van der Waals surface area contributed by atoms with Gasteiger partial charge in [-0.3, -0.25) is 4.57 Å². The first-order chi connectivity index (χ1) is 9.58. The quantitative estimate of drug-likeness (QED) is 0.405. The Kier molecular flexibility index (Phi) is 13.1. The van der Waals surface area contributed by atoms with E-state index in [-0.39, 0.29) is 54.5 Å². The Morgan fingerprint density at radius 1 is 1.22 bits per heavy atom. The SMILES string of the molecule is O=C(NCCOc1c(Cl)cc(Cl)cc1Cl)n1ccnc1.[Cl-].[Cl-].[Mn+2]. The number of benzene rings is 1. The molecule has 1 aromatic heterocycles. The number of amides is 1. The predicted molar refractivity (Wildman–Crippen MR) is 78.0 cm³/mol. The Labute approximate surface area is 171 Å². The van der Waals surface area contributed by atoms with Crippen LogP contribution in [0.25, 0.3) is 0 Å². The fourth-order valence-corrected chi connectivity index (χ4v) is 2.37. The van der Waals surface area contributed by atoms with Gasteiger partial charge in [0.15, 0.2) is 5.75 Å². The summed E-state index contributed by atoms with van der Waals surface area (Å²) >= 11 is 17.7. The van der Waals surface area contributed by atoms with Gasteiger partial charge in [-0.2, -0.15) is 0 Å². The normalized spacial score (nSPS) is 9.00. The van der Waals surface area contributed by atoms with Crippen LogP contribution in [0.5, 0.6) is 5.75 Å². The number of imidazole rings is 1. The van der Waals surface area contributed by atoms with Crippen LogP contribution in [0, 0.1) is 0 Å². The smallest absolute Gasteiger partial charge is 1.00 e. The Hall–Kier alpha value is -0.331. The number of ether oxygens (including phenoxy) is 1. The number of halogens is 5. The molecule has 1 amide bonds. The van der Waals surface area contributed by atoms with Crippen molar-refractivity contribution in [3.63, 3.8) is 0 Å². The van der Waals surface area contributed by atoms with Crippen molar-refractivity contribution in [3.05, 3.63) is 45.9 Å². The minimum atomic E-state index is -0.292. The Morgan fingerprint density at radius 2 is 1.83 bits per heavy atom. The van der Waals surface area contributed by atoms with Crippen molar-refractivity contribution in [1.29, 1.82) is 0 Å². The number of nitrogens with zero attached hydrogens (tertiary/aromatic N) is 2. The molecule has 0 bridgehead atoms. The largest absolute Gasteiger partial charge is 2.00 e. The molecule has 0 spiro atoms. The Balaban J connectivity index is 0. The summed E-state index contributed by atoms with van der Waals surface area (Å²) in [5.74, 6) is 0.342. The van der Waals surface area contributed by atoms with E-state index in [2.05, 4.69) is 10.3 Å². The zero-order valence-corrected chi connectivity index (χ0v) is 16.2. The minimum Gasteiger partial charge on any atom is -1.00 e. The second kappa shape index (κ2) is 12.1. The van der Waals surface area contributed by atoms with Crippen LogP contribution in [0.15, 0.2) is 30.9 Å². The number of nitrogens with one attached hydrogen (secondary N) is 1. The molecule has 1 heterocycles. The first kappa shape index (κ1) is 24.9. The zero-order valence-electron chi connectivity index (χ0n) is 11.3. The second-order valence-electron chi connectivity index (χ2n) is 3.75. The van der Waals surface area contributed by atoms with Crippen LogP contribution < -0.4 is 34.9 Å². The molecule has 11 heteroatoms. The van der Waals surface area contributed by atoms with Gasteiger partial charge in [-0.1, -0.05) is 34.8 Å². The molecule has 0 fully saturated rings. The van der Waals surface area contributed by atoms with Crippen molar-refractivity contribution in [3.8, 4) is 5.75 Å². The molecule has 0 saturated carbocycles. The summed E-state index contributed by atoms with van der Waals surface area (Å²) in [4.78, 5) is 15.4. The molecule has 1 N–H and O–H groups in total. The van der Waals surface area contributed by atoms with Gasteiger partial charge in [-0.05, 0) is 12.1 Å². The fraction of sp³-hybridized carbons (Fsp3) is 0.167.